The molecule has 23 heavy (non-hydrogen) atoms. The number of aromatic nitrogens is 2. The fourth-order valence-corrected chi connectivity index (χ4v) is 2.16. The third kappa shape index (κ3) is 3.35. The Morgan fingerprint density at radius 2 is 2.30 bits per heavy atom. The van der Waals surface area contributed by atoms with E-state index in [1.54, 1.807) is 0 Å². The summed E-state index contributed by atoms with van der Waals surface area (Å²) in [7, 11) is 0. The van der Waals surface area contributed by atoms with Gasteiger partial charge in [0.25, 0.3) is 0 Å². The molecule has 2 rings (SSSR count). The Bertz CT molecular complexity index is 729. The lowest BCUT2D eigenvalue weighted by molar-refractivity contribution is -0.112. The van der Waals surface area contributed by atoms with Gasteiger partial charge in [-0.05, 0) is 19.1 Å². The normalized spacial score (nSPS) is 26.3. The van der Waals surface area contributed by atoms with Crippen molar-refractivity contribution in [3.05, 3.63) is 40.2 Å². The molecule has 2 heterocycles. The number of nitrogens with two attached hydrogens (primary N) is 1. The average molecular weight is 327 g/mol. The molecule has 0 aliphatic carbocycles. The lowest BCUT2D eigenvalue weighted by Gasteiger charge is -2.16. The zero-order chi connectivity index (χ0) is 17.1. The van der Waals surface area contributed by atoms with E-state index in [0.717, 1.165) is 10.8 Å². The molecule has 0 amide bonds. The second kappa shape index (κ2) is 6.80. The Kier molecular flexibility index (Phi) is 5.02. The first-order chi connectivity index (χ1) is 10.9. The summed E-state index contributed by atoms with van der Waals surface area (Å²) in [5, 5.41) is 9.09. The standard InChI is InChI=1S/C14H15F2N3O4/c1-7(21)2-3-8-5-19(14(22)18-12(8)17)13-11(16)9(4-15)10(6-20)23-13/h2-5,10-11,13,20H,6H2,1H3,(H2,17,18,22)/b3-2+,9-4-. The lowest BCUT2D eigenvalue weighted by atomic mass is 10.1. The third-order valence-electron chi connectivity index (χ3n) is 3.32. The van der Waals surface area contributed by atoms with Crippen molar-refractivity contribution >= 4 is 17.7 Å². The van der Waals surface area contributed by atoms with E-state index >= 15 is 0 Å². The Morgan fingerprint density at radius 3 is 2.83 bits per heavy atom. The fraction of sp³-hybridized carbons (Fsp3) is 0.357. The molecule has 0 aromatic carbocycles. The molecule has 0 saturated carbocycles. The number of allylic oxidation sites excluding steroid dienone is 1. The molecule has 3 N–H and O–H groups in total. The highest BCUT2D eigenvalue weighted by Gasteiger charge is 2.42. The molecule has 1 aliphatic rings. The van der Waals surface area contributed by atoms with Gasteiger partial charge in [-0.3, -0.25) is 9.36 Å². The van der Waals surface area contributed by atoms with Crippen LogP contribution in [0.2, 0.25) is 0 Å². The van der Waals surface area contributed by atoms with E-state index in [2.05, 4.69) is 4.98 Å². The van der Waals surface area contributed by atoms with E-state index in [-0.39, 0.29) is 23.5 Å². The van der Waals surface area contributed by atoms with Crippen molar-refractivity contribution in [1.82, 2.24) is 9.55 Å². The van der Waals surface area contributed by atoms with Crippen molar-refractivity contribution in [3.8, 4) is 0 Å². The second-order valence-corrected chi connectivity index (χ2v) is 4.92. The second-order valence-electron chi connectivity index (χ2n) is 4.92. The molecule has 1 aromatic rings. The smallest absolute Gasteiger partial charge is 0.351 e. The van der Waals surface area contributed by atoms with Gasteiger partial charge in [0.1, 0.15) is 11.9 Å². The van der Waals surface area contributed by atoms with E-state index in [1.807, 2.05) is 0 Å². The molecule has 3 atom stereocenters. The van der Waals surface area contributed by atoms with Gasteiger partial charge in [0, 0.05) is 17.3 Å². The summed E-state index contributed by atoms with van der Waals surface area (Å²) in [4.78, 5) is 26.4. The summed E-state index contributed by atoms with van der Waals surface area (Å²) in [6.45, 7) is 0.679. The number of hydrogen-bond acceptors (Lipinski definition) is 6. The number of halogens is 2. The van der Waals surface area contributed by atoms with Crippen LogP contribution in [0.5, 0.6) is 0 Å². The number of aliphatic hydroxyl groups is 1. The van der Waals surface area contributed by atoms with E-state index in [1.165, 1.54) is 19.1 Å². The fourth-order valence-electron chi connectivity index (χ4n) is 2.16. The first-order valence-corrected chi connectivity index (χ1v) is 6.67. The Morgan fingerprint density at radius 1 is 1.61 bits per heavy atom. The number of aliphatic hydroxyl groups excluding tert-OH is 1. The van der Waals surface area contributed by atoms with Crippen LogP contribution in [0.3, 0.4) is 0 Å². The molecular weight excluding hydrogens is 312 g/mol. The molecular formula is C14H15F2N3O4. The van der Waals surface area contributed by atoms with Crippen molar-refractivity contribution < 1.29 is 23.4 Å². The summed E-state index contributed by atoms with van der Waals surface area (Å²) < 4.78 is 33.0. The van der Waals surface area contributed by atoms with Crippen LogP contribution in [0.15, 0.2) is 29.0 Å². The number of ether oxygens (including phenoxy) is 1. The van der Waals surface area contributed by atoms with Gasteiger partial charge >= 0.3 is 5.69 Å². The van der Waals surface area contributed by atoms with Crippen LogP contribution in [-0.2, 0) is 9.53 Å². The minimum atomic E-state index is -1.97. The number of nitrogen functional groups attached to an aromatic ring is 1. The van der Waals surface area contributed by atoms with E-state index in [9.17, 15) is 18.4 Å². The number of anilines is 1. The van der Waals surface area contributed by atoms with Gasteiger partial charge < -0.3 is 15.6 Å². The first-order valence-electron chi connectivity index (χ1n) is 6.67. The maximum absolute atomic E-state index is 14.3. The van der Waals surface area contributed by atoms with E-state index in [0.29, 0.717) is 0 Å². The van der Waals surface area contributed by atoms with Crippen LogP contribution in [-0.4, -0.2) is 39.3 Å². The maximum atomic E-state index is 14.3. The van der Waals surface area contributed by atoms with Crippen LogP contribution in [0.1, 0.15) is 18.7 Å². The molecule has 1 aromatic heterocycles. The molecule has 1 fully saturated rings. The highest BCUT2D eigenvalue weighted by Crippen LogP contribution is 2.35. The highest BCUT2D eigenvalue weighted by molar-refractivity contribution is 5.92. The van der Waals surface area contributed by atoms with Crippen molar-refractivity contribution in [2.45, 2.75) is 25.4 Å². The summed E-state index contributed by atoms with van der Waals surface area (Å²) in [5.41, 5.74) is 4.49. The molecule has 3 unspecified atom stereocenters. The van der Waals surface area contributed by atoms with Crippen molar-refractivity contribution in [3.63, 3.8) is 0 Å². The van der Waals surface area contributed by atoms with Gasteiger partial charge in [-0.2, -0.15) is 4.98 Å². The zero-order valence-electron chi connectivity index (χ0n) is 12.1. The van der Waals surface area contributed by atoms with Crippen molar-refractivity contribution in [2.75, 3.05) is 12.3 Å². The number of nitrogens with zero attached hydrogens (tertiary/aromatic N) is 2. The number of hydrogen-bond donors (Lipinski definition) is 2. The zero-order valence-corrected chi connectivity index (χ0v) is 12.1. The Balaban J connectivity index is 2.46. The average Bonchev–Trinajstić information content (AvgIpc) is 2.82. The highest BCUT2D eigenvalue weighted by atomic mass is 19.1. The van der Waals surface area contributed by atoms with Crippen molar-refractivity contribution in [1.29, 1.82) is 0 Å². The van der Waals surface area contributed by atoms with Crippen LogP contribution in [0.25, 0.3) is 6.08 Å². The monoisotopic (exact) mass is 327 g/mol. The summed E-state index contributed by atoms with van der Waals surface area (Å²) >= 11 is 0. The summed E-state index contributed by atoms with van der Waals surface area (Å²) in [5.74, 6) is -0.400. The molecule has 1 saturated heterocycles. The summed E-state index contributed by atoms with van der Waals surface area (Å²) in [6, 6.07) is 0. The number of alkyl halides is 1. The minimum Gasteiger partial charge on any atom is -0.393 e. The quantitative estimate of drug-likeness (QED) is 0.780. The van der Waals surface area contributed by atoms with Gasteiger partial charge in [0.15, 0.2) is 18.2 Å². The molecule has 0 bridgehead atoms. The topological polar surface area (TPSA) is 107 Å². The molecule has 7 nitrogen and oxygen atoms in total. The van der Waals surface area contributed by atoms with Crippen LogP contribution < -0.4 is 11.4 Å². The van der Waals surface area contributed by atoms with Gasteiger partial charge in [-0.15, -0.1) is 0 Å². The SMILES string of the molecule is CC(=O)/C=C/c1cn(C2OC(CO)/C(=C/F)C2F)c(=O)nc1N. The molecule has 1 aliphatic heterocycles. The van der Waals surface area contributed by atoms with Crippen LogP contribution >= 0.6 is 0 Å². The van der Waals surface area contributed by atoms with Gasteiger partial charge in [0.05, 0.1) is 12.9 Å². The molecule has 9 heteroatoms. The predicted octanol–water partition coefficient (Wildman–Crippen LogP) is 0.509. The third-order valence-corrected chi connectivity index (χ3v) is 3.32. The number of carbonyl (C=O) groups excluding carboxylic acids is 1. The maximum Gasteiger partial charge on any atom is 0.351 e. The van der Waals surface area contributed by atoms with Gasteiger partial charge in [-0.1, -0.05) is 0 Å². The van der Waals surface area contributed by atoms with Gasteiger partial charge in [-0.25, -0.2) is 13.6 Å². The molecule has 0 radical (unpaired) electrons. The number of rotatable bonds is 4. The molecule has 0 spiro atoms. The lowest BCUT2D eigenvalue weighted by Crippen LogP contribution is -2.31. The largest absolute Gasteiger partial charge is 0.393 e. The molecule has 124 valence electrons. The summed E-state index contributed by atoms with van der Waals surface area (Å²) in [6.07, 6.45) is -0.953. The first kappa shape index (κ1) is 17.0. The van der Waals surface area contributed by atoms with E-state index in [4.69, 9.17) is 15.6 Å². The number of carbonyl (C=O) groups is 1. The van der Waals surface area contributed by atoms with E-state index < -0.39 is 36.4 Å². The predicted molar refractivity (Wildman–Crippen MR) is 77.7 cm³/mol. The number of ketones is 1. The van der Waals surface area contributed by atoms with Crippen molar-refractivity contribution in [2.24, 2.45) is 0 Å². The minimum absolute atomic E-state index is 0.0118. The van der Waals surface area contributed by atoms with Crippen LogP contribution in [0, 0.1) is 0 Å². The van der Waals surface area contributed by atoms with Crippen LogP contribution in [0.4, 0.5) is 14.6 Å². The Labute approximate surface area is 129 Å². The Hall–Kier alpha value is -2.39. The van der Waals surface area contributed by atoms with Gasteiger partial charge in [0.2, 0.25) is 0 Å².